The van der Waals surface area contributed by atoms with Gasteiger partial charge < -0.3 is 9.47 Å². The van der Waals surface area contributed by atoms with Crippen LogP contribution in [-0.2, 0) is 20.4 Å². The minimum absolute atomic E-state index is 0.0566. The van der Waals surface area contributed by atoms with E-state index in [1.165, 1.54) is 23.6 Å². The van der Waals surface area contributed by atoms with Crippen molar-refractivity contribution in [1.82, 2.24) is 10.9 Å². The largest absolute Gasteiger partial charge is 0.484 e. The average Bonchev–Trinajstić information content (AvgIpc) is 2.91. The van der Waals surface area contributed by atoms with Crippen molar-refractivity contribution in [1.29, 1.82) is 0 Å². The first-order chi connectivity index (χ1) is 18.9. The summed E-state index contributed by atoms with van der Waals surface area (Å²) in [6.45, 7) is 12.6. The Morgan fingerprint density at radius 1 is 0.600 bits per heavy atom. The van der Waals surface area contributed by atoms with Gasteiger partial charge in [-0.25, -0.2) is 10.9 Å². The van der Waals surface area contributed by atoms with Gasteiger partial charge in [0.05, 0.1) is 12.4 Å². The molecule has 3 rings (SSSR count). The maximum atomic E-state index is 12.0. The normalized spacial score (nSPS) is 11.9. The van der Waals surface area contributed by atoms with Crippen LogP contribution in [0.25, 0.3) is 0 Å². The van der Waals surface area contributed by atoms with E-state index < -0.39 is 0 Å². The van der Waals surface area contributed by atoms with Crippen LogP contribution in [-0.4, -0.2) is 37.5 Å². The number of hydrogen-bond acceptors (Lipinski definition) is 6. The Bertz CT molecular complexity index is 1210. The molecule has 0 radical (unpaired) electrons. The van der Waals surface area contributed by atoms with E-state index in [9.17, 15) is 9.59 Å². The van der Waals surface area contributed by atoms with Crippen molar-refractivity contribution in [2.75, 3.05) is 13.2 Å². The zero-order valence-corrected chi connectivity index (χ0v) is 24.0. The van der Waals surface area contributed by atoms with Gasteiger partial charge >= 0.3 is 0 Å². The SMILES string of the molecule is CC(C)(C)c1ccc(OCC(=O)NN=Cc2ccc(C=NNC(=O)COc3ccc(C(C)(C)C)cc3)cc2)cc1. The molecular weight excluding hydrogens is 504 g/mol. The van der Waals surface area contributed by atoms with Crippen LogP contribution in [0, 0.1) is 0 Å². The van der Waals surface area contributed by atoms with Crippen LogP contribution in [0.4, 0.5) is 0 Å². The van der Waals surface area contributed by atoms with Gasteiger partial charge in [-0.2, -0.15) is 10.2 Å². The maximum Gasteiger partial charge on any atom is 0.277 e. The van der Waals surface area contributed by atoms with Gasteiger partial charge in [0.1, 0.15) is 11.5 Å². The molecule has 8 nitrogen and oxygen atoms in total. The third kappa shape index (κ3) is 10.0. The molecule has 210 valence electrons. The van der Waals surface area contributed by atoms with Crippen molar-refractivity contribution in [2.24, 2.45) is 10.2 Å². The lowest BCUT2D eigenvalue weighted by Crippen LogP contribution is -2.24. The fraction of sp³-hybridized carbons (Fsp3) is 0.312. The van der Waals surface area contributed by atoms with Crippen molar-refractivity contribution >= 4 is 24.2 Å². The molecule has 0 heterocycles. The summed E-state index contributed by atoms with van der Waals surface area (Å²) in [4.78, 5) is 24.1. The van der Waals surface area contributed by atoms with Crippen molar-refractivity contribution in [3.05, 3.63) is 95.1 Å². The molecule has 3 aromatic rings. The van der Waals surface area contributed by atoms with E-state index in [0.29, 0.717) is 11.5 Å². The molecule has 0 saturated carbocycles. The summed E-state index contributed by atoms with van der Waals surface area (Å²) >= 11 is 0. The molecule has 0 aliphatic carbocycles. The Morgan fingerprint density at radius 3 is 1.23 bits per heavy atom. The third-order valence-electron chi connectivity index (χ3n) is 5.92. The molecule has 0 aliphatic heterocycles. The van der Waals surface area contributed by atoms with Crippen LogP contribution in [0.5, 0.6) is 11.5 Å². The van der Waals surface area contributed by atoms with E-state index in [0.717, 1.165) is 11.1 Å². The first-order valence-corrected chi connectivity index (χ1v) is 13.1. The highest BCUT2D eigenvalue weighted by molar-refractivity contribution is 5.86. The Morgan fingerprint density at radius 2 is 0.925 bits per heavy atom. The van der Waals surface area contributed by atoms with Crippen LogP contribution >= 0.6 is 0 Å². The summed E-state index contributed by atoms with van der Waals surface area (Å²) in [5.41, 5.74) is 8.97. The van der Waals surface area contributed by atoms with Gasteiger partial charge in [0.15, 0.2) is 13.2 Å². The predicted molar refractivity (Wildman–Crippen MR) is 159 cm³/mol. The summed E-state index contributed by atoms with van der Waals surface area (Å²) in [6.07, 6.45) is 3.06. The summed E-state index contributed by atoms with van der Waals surface area (Å²) in [6, 6.07) is 22.7. The lowest BCUT2D eigenvalue weighted by Gasteiger charge is -2.19. The van der Waals surface area contributed by atoms with Gasteiger partial charge in [-0.05, 0) is 57.3 Å². The minimum atomic E-state index is -0.360. The molecule has 0 spiro atoms. The van der Waals surface area contributed by atoms with Gasteiger partial charge in [0.2, 0.25) is 0 Å². The van der Waals surface area contributed by atoms with E-state index in [1.54, 1.807) is 0 Å². The zero-order valence-electron chi connectivity index (χ0n) is 24.0. The second kappa shape index (κ2) is 13.6. The predicted octanol–water partition coefficient (Wildman–Crippen LogP) is 5.34. The second-order valence-electron chi connectivity index (χ2n) is 11.4. The number of hydrogen-bond donors (Lipinski definition) is 2. The van der Waals surface area contributed by atoms with E-state index in [4.69, 9.17) is 9.47 Å². The zero-order chi connectivity index (χ0) is 29.2. The highest BCUT2D eigenvalue weighted by Crippen LogP contribution is 2.25. The van der Waals surface area contributed by atoms with Crippen LogP contribution in [0.3, 0.4) is 0 Å². The van der Waals surface area contributed by atoms with Gasteiger partial charge in [-0.3, -0.25) is 9.59 Å². The number of carbonyl (C=O) groups excluding carboxylic acids is 2. The lowest BCUT2D eigenvalue weighted by atomic mass is 9.87. The fourth-order valence-electron chi connectivity index (χ4n) is 3.49. The van der Waals surface area contributed by atoms with Crippen molar-refractivity contribution in [2.45, 2.75) is 52.4 Å². The van der Waals surface area contributed by atoms with Gasteiger partial charge in [-0.15, -0.1) is 0 Å². The molecule has 2 amide bonds. The van der Waals surface area contributed by atoms with Crippen molar-refractivity contribution in [3.8, 4) is 11.5 Å². The number of benzene rings is 3. The number of amides is 2. The summed E-state index contributed by atoms with van der Waals surface area (Å²) in [7, 11) is 0. The molecule has 2 N–H and O–H groups in total. The second-order valence-corrected chi connectivity index (χ2v) is 11.4. The molecule has 0 fully saturated rings. The van der Waals surface area contributed by atoms with Crippen molar-refractivity contribution < 1.29 is 19.1 Å². The van der Waals surface area contributed by atoms with E-state index >= 15 is 0 Å². The summed E-state index contributed by atoms with van der Waals surface area (Å²) in [5.74, 6) is 0.529. The van der Waals surface area contributed by atoms with Crippen LogP contribution in [0.2, 0.25) is 0 Å². The maximum absolute atomic E-state index is 12.0. The van der Waals surface area contributed by atoms with Gasteiger partial charge in [-0.1, -0.05) is 90.1 Å². The molecule has 40 heavy (non-hydrogen) atoms. The number of ether oxygens (including phenoxy) is 2. The summed E-state index contributed by atoms with van der Waals surface area (Å²) in [5, 5.41) is 7.94. The van der Waals surface area contributed by atoms with Crippen LogP contribution in [0.1, 0.15) is 63.8 Å². The molecule has 0 bridgehead atoms. The number of nitrogens with zero attached hydrogens (tertiary/aromatic N) is 2. The highest BCUT2D eigenvalue weighted by Gasteiger charge is 2.14. The fourth-order valence-corrected chi connectivity index (χ4v) is 3.49. The standard InChI is InChI=1S/C32H38N4O4/c1-31(2,3)25-11-15-27(16-12-25)39-21-29(37)35-33-19-23-7-9-24(10-8-23)20-34-36-30(38)22-40-28-17-13-26(14-18-28)32(4,5)6/h7-20H,21-22H2,1-6H3,(H,35,37)(H,36,38). The van der Waals surface area contributed by atoms with Crippen LogP contribution in [0.15, 0.2) is 83.0 Å². The van der Waals surface area contributed by atoms with E-state index in [-0.39, 0.29) is 35.9 Å². The highest BCUT2D eigenvalue weighted by atomic mass is 16.5. The lowest BCUT2D eigenvalue weighted by molar-refractivity contribution is -0.123. The minimum Gasteiger partial charge on any atom is -0.484 e. The smallest absolute Gasteiger partial charge is 0.277 e. The van der Waals surface area contributed by atoms with Crippen molar-refractivity contribution in [3.63, 3.8) is 0 Å². The molecule has 0 aromatic heterocycles. The molecule has 0 unspecified atom stereocenters. The molecule has 0 saturated heterocycles. The average molecular weight is 543 g/mol. The Balaban J connectivity index is 1.36. The number of rotatable bonds is 10. The molecule has 8 heteroatoms. The number of nitrogens with one attached hydrogen (secondary N) is 2. The van der Waals surface area contributed by atoms with Gasteiger partial charge in [0.25, 0.3) is 11.8 Å². The molecular formula is C32H38N4O4. The topological polar surface area (TPSA) is 101 Å². The monoisotopic (exact) mass is 542 g/mol. The van der Waals surface area contributed by atoms with Gasteiger partial charge in [0, 0.05) is 0 Å². The Labute approximate surface area is 236 Å². The molecule has 0 atom stereocenters. The Kier molecular flexibility index (Phi) is 10.2. The van der Waals surface area contributed by atoms with E-state index in [2.05, 4.69) is 62.6 Å². The first kappa shape index (κ1) is 30.1. The first-order valence-electron chi connectivity index (χ1n) is 13.1. The molecule has 0 aliphatic rings. The third-order valence-corrected chi connectivity index (χ3v) is 5.92. The number of hydrazone groups is 2. The molecule has 3 aromatic carbocycles. The van der Waals surface area contributed by atoms with E-state index in [1.807, 2.05) is 72.8 Å². The quantitative estimate of drug-likeness (QED) is 0.267. The summed E-state index contributed by atoms with van der Waals surface area (Å²) < 4.78 is 11.0. The van der Waals surface area contributed by atoms with Crippen LogP contribution < -0.4 is 20.3 Å². The number of carbonyl (C=O) groups is 2. The Hall–Kier alpha value is -4.46.